The number of alkyl halides is 3. The van der Waals surface area contributed by atoms with Crippen LogP contribution in [0.5, 0.6) is 0 Å². The van der Waals surface area contributed by atoms with Gasteiger partial charge in [0, 0.05) is 25.2 Å². The van der Waals surface area contributed by atoms with Crippen molar-refractivity contribution in [3.05, 3.63) is 82.9 Å². The number of benzene rings is 2. The van der Waals surface area contributed by atoms with E-state index in [1.54, 1.807) is 30.3 Å². The summed E-state index contributed by atoms with van der Waals surface area (Å²) in [6.07, 6.45) is -0.817. The lowest BCUT2D eigenvalue weighted by atomic mass is 9.95. The molecule has 0 bridgehead atoms. The van der Waals surface area contributed by atoms with E-state index in [-0.39, 0.29) is 24.4 Å². The highest BCUT2D eigenvalue weighted by Crippen LogP contribution is 2.43. The Morgan fingerprint density at radius 1 is 0.892 bits per heavy atom. The average molecular weight is 515 g/mol. The maximum atomic E-state index is 13.3. The van der Waals surface area contributed by atoms with Crippen LogP contribution >= 0.6 is 0 Å². The number of hydrogen-bond donors (Lipinski definition) is 0. The Morgan fingerprint density at radius 3 is 2.19 bits per heavy atom. The zero-order chi connectivity index (χ0) is 26.2. The number of nitrogens with zero attached hydrogens (tertiary/aromatic N) is 2. The van der Waals surface area contributed by atoms with Crippen molar-refractivity contribution in [2.75, 3.05) is 26.2 Å². The molecule has 2 aromatic rings. The molecule has 3 heterocycles. The van der Waals surface area contributed by atoms with Gasteiger partial charge in [0.2, 0.25) is 0 Å². The lowest BCUT2D eigenvalue weighted by Crippen LogP contribution is -2.52. The first-order valence-electron chi connectivity index (χ1n) is 12.1. The second-order valence-electron chi connectivity index (χ2n) is 9.41. The van der Waals surface area contributed by atoms with Crippen LogP contribution in [0.3, 0.4) is 0 Å². The van der Waals surface area contributed by atoms with Gasteiger partial charge >= 0.3 is 24.0 Å². The van der Waals surface area contributed by atoms with Crippen LogP contribution in [0.4, 0.5) is 13.2 Å². The largest absolute Gasteiger partial charge is 0.416 e. The minimum Gasteiger partial charge on any atom is -0.396 e. The number of amides is 1. The molecule has 10 heteroatoms. The van der Waals surface area contributed by atoms with E-state index >= 15 is 0 Å². The smallest absolute Gasteiger partial charge is 0.396 e. The summed E-state index contributed by atoms with van der Waals surface area (Å²) >= 11 is 0. The molecular formula is C27H25F3N2O5. The van der Waals surface area contributed by atoms with Gasteiger partial charge in [-0.1, -0.05) is 30.3 Å². The first-order chi connectivity index (χ1) is 17.7. The highest BCUT2D eigenvalue weighted by atomic mass is 19.4. The van der Waals surface area contributed by atoms with Crippen LogP contribution in [0, 0.1) is 5.92 Å². The van der Waals surface area contributed by atoms with E-state index in [0.29, 0.717) is 43.6 Å². The summed E-state index contributed by atoms with van der Waals surface area (Å²) in [6, 6.07) is 12.2. The number of piperidine rings is 1. The van der Waals surface area contributed by atoms with Crippen molar-refractivity contribution in [2.24, 2.45) is 5.92 Å². The van der Waals surface area contributed by atoms with Crippen LogP contribution in [0.15, 0.2) is 60.7 Å². The molecule has 1 saturated heterocycles. The molecular weight excluding hydrogens is 489 g/mol. The Bertz CT molecular complexity index is 1230. The van der Waals surface area contributed by atoms with Gasteiger partial charge in [0.25, 0.3) is 5.91 Å². The van der Waals surface area contributed by atoms with Gasteiger partial charge in [0.15, 0.2) is 0 Å². The van der Waals surface area contributed by atoms with E-state index in [1.807, 2.05) is 0 Å². The number of likely N-dealkylation sites (tertiary alicyclic amines) is 1. The van der Waals surface area contributed by atoms with Gasteiger partial charge in [-0.2, -0.15) is 13.2 Å². The molecule has 0 saturated carbocycles. The number of fused-ring (bicyclic) bond motifs is 2. The number of halogens is 3. The molecule has 3 aliphatic heterocycles. The Hall–Kier alpha value is -3.66. The van der Waals surface area contributed by atoms with Crippen molar-refractivity contribution in [1.82, 2.24) is 9.80 Å². The van der Waals surface area contributed by atoms with E-state index in [9.17, 15) is 27.6 Å². The van der Waals surface area contributed by atoms with Gasteiger partial charge in [-0.25, -0.2) is 9.59 Å². The SMILES string of the molecule is O=C1C=CC(=O)OC2(O1)c1ccccc1C(=O)N2CC1CCN(CCc2ccccc2C(F)(F)F)CC1. The summed E-state index contributed by atoms with van der Waals surface area (Å²) in [6.45, 7) is 1.96. The third kappa shape index (κ3) is 4.85. The lowest BCUT2D eigenvalue weighted by molar-refractivity contribution is -0.275. The summed E-state index contributed by atoms with van der Waals surface area (Å²) in [5, 5.41) is 0. The average Bonchev–Trinajstić information content (AvgIpc) is 2.98. The number of carbonyl (C=O) groups is 3. The molecule has 2 aromatic carbocycles. The van der Waals surface area contributed by atoms with Gasteiger partial charge < -0.3 is 14.4 Å². The van der Waals surface area contributed by atoms with Gasteiger partial charge in [0.05, 0.1) is 16.7 Å². The minimum atomic E-state index is -4.39. The van der Waals surface area contributed by atoms with E-state index in [0.717, 1.165) is 18.2 Å². The summed E-state index contributed by atoms with van der Waals surface area (Å²) in [5.41, 5.74) is 0.256. The standard InChI is InChI=1S/C27H25F3N2O5/c28-26(29,30)21-7-3-1-5-19(21)13-16-31-14-11-18(12-15-31)17-32-25(35)20-6-2-4-8-22(20)27(32)36-23(33)9-10-24(34)37-27/h1-10,18H,11-17H2. The molecule has 0 aromatic heterocycles. The maximum absolute atomic E-state index is 13.3. The fraction of sp³-hybridized carbons (Fsp3) is 0.370. The number of rotatable bonds is 5. The molecule has 0 aliphatic carbocycles. The second kappa shape index (κ2) is 9.66. The zero-order valence-corrected chi connectivity index (χ0v) is 19.9. The molecule has 0 unspecified atom stereocenters. The van der Waals surface area contributed by atoms with Crippen molar-refractivity contribution in [3.63, 3.8) is 0 Å². The third-order valence-electron chi connectivity index (χ3n) is 7.10. The highest BCUT2D eigenvalue weighted by Gasteiger charge is 2.57. The number of carbonyl (C=O) groups excluding carboxylic acids is 3. The fourth-order valence-electron chi connectivity index (χ4n) is 5.23. The first kappa shape index (κ1) is 25.0. The Kier molecular flexibility index (Phi) is 6.53. The van der Waals surface area contributed by atoms with Gasteiger partial charge in [-0.15, -0.1) is 0 Å². The van der Waals surface area contributed by atoms with Gasteiger partial charge in [0.1, 0.15) is 0 Å². The van der Waals surface area contributed by atoms with Crippen LogP contribution in [-0.4, -0.2) is 53.8 Å². The van der Waals surface area contributed by atoms with Crippen LogP contribution in [0.1, 0.15) is 39.9 Å². The lowest BCUT2D eigenvalue weighted by Gasteiger charge is -2.39. The molecule has 1 fully saturated rings. The molecule has 194 valence electrons. The molecule has 0 atom stereocenters. The number of esters is 2. The molecule has 3 aliphatic rings. The van der Waals surface area contributed by atoms with E-state index < -0.39 is 35.5 Å². The van der Waals surface area contributed by atoms with Crippen molar-refractivity contribution >= 4 is 17.8 Å². The van der Waals surface area contributed by atoms with E-state index in [2.05, 4.69) is 4.90 Å². The molecule has 1 spiro atoms. The summed E-state index contributed by atoms with van der Waals surface area (Å²) in [4.78, 5) is 41.4. The number of hydrogen-bond acceptors (Lipinski definition) is 6. The quantitative estimate of drug-likeness (QED) is 0.564. The topological polar surface area (TPSA) is 76.2 Å². The predicted molar refractivity (Wildman–Crippen MR) is 125 cm³/mol. The fourth-order valence-corrected chi connectivity index (χ4v) is 5.23. The van der Waals surface area contributed by atoms with Crippen molar-refractivity contribution in [1.29, 1.82) is 0 Å². The van der Waals surface area contributed by atoms with Crippen molar-refractivity contribution < 1.29 is 37.0 Å². The summed E-state index contributed by atoms with van der Waals surface area (Å²) in [7, 11) is 0. The molecule has 5 rings (SSSR count). The van der Waals surface area contributed by atoms with Crippen LogP contribution in [-0.2, 0) is 37.6 Å². The van der Waals surface area contributed by atoms with Gasteiger partial charge in [-0.3, -0.25) is 9.69 Å². The Labute approximate surface area is 211 Å². The zero-order valence-electron chi connectivity index (χ0n) is 19.9. The monoisotopic (exact) mass is 514 g/mol. The molecule has 0 N–H and O–H groups in total. The Morgan fingerprint density at radius 2 is 1.51 bits per heavy atom. The van der Waals surface area contributed by atoms with E-state index in [1.165, 1.54) is 17.0 Å². The Balaban J connectivity index is 1.26. The van der Waals surface area contributed by atoms with E-state index in [4.69, 9.17) is 9.47 Å². The summed E-state index contributed by atoms with van der Waals surface area (Å²) < 4.78 is 51.0. The summed E-state index contributed by atoms with van der Waals surface area (Å²) in [5.74, 6) is -3.94. The minimum absolute atomic E-state index is 0.0162. The normalized spacial score (nSPS) is 20.1. The number of ether oxygens (including phenoxy) is 2. The van der Waals surface area contributed by atoms with Crippen molar-refractivity contribution in [3.8, 4) is 0 Å². The highest BCUT2D eigenvalue weighted by molar-refractivity contribution is 6.01. The van der Waals surface area contributed by atoms with Crippen LogP contribution in [0.25, 0.3) is 0 Å². The van der Waals surface area contributed by atoms with Crippen LogP contribution in [0.2, 0.25) is 0 Å². The third-order valence-corrected chi connectivity index (χ3v) is 7.10. The van der Waals surface area contributed by atoms with Crippen LogP contribution < -0.4 is 0 Å². The molecule has 37 heavy (non-hydrogen) atoms. The first-order valence-corrected chi connectivity index (χ1v) is 12.1. The second-order valence-corrected chi connectivity index (χ2v) is 9.41. The van der Waals surface area contributed by atoms with Crippen molar-refractivity contribution in [2.45, 2.75) is 31.3 Å². The maximum Gasteiger partial charge on any atom is 0.416 e. The van der Waals surface area contributed by atoms with Gasteiger partial charge in [-0.05, 0) is 62.0 Å². The predicted octanol–water partition coefficient (Wildman–Crippen LogP) is 3.88. The molecule has 7 nitrogen and oxygen atoms in total. The molecule has 0 radical (unpaired) electrons. The molecule has 1 amide bonds.